The molecule has 1 aromatic heterocycles. The van der Waals surface area contributed by atoms with Crippen LogP contribution in [0.1, 0.15) is 30.6 Å². The summed E-state index contributed by atoms with van der Waals surface area (Å²) in [5, 5.41) is 0.0579. The molecule has 0 aliphatic carbocycles. The molecule has 1 fully saturated rings. The first kappa shape index (κ1) is 14.6. The second-order valence-corrected chi connectivity index (χ2v) is 7.30. The molecule has 0 aromatic carbocycles. The highest BCUT2D eigenvalue weighted by Gasteiger charge is 2.27. The molecule has 0 radical (unpaired) electrons. The van der Waals surface area contributed by atoms with E-state index in [-0.39, 0.29) is 21.4 Å². The first-order valence-electron chi connectivity index (χ1n) is 6.13. The minimum absolute atomic E-state index is 0.0579. The molecular weight excluding hydrogens is 287 g/mol. The van der Waals surface area contributed by atoms with Gasteiger partial charge in [-0.2, -0.15) is 11.8 Å². The topological polar surface area (TPSA) is 33.2 Å². The largest absolute Gasteiger partial charge is 0.338 e. The number of nitrogens with zero attached hydrogens (tertiary/aromatic N) is 2. The molecule has 0 spiro atoms. The van der Waals surface area contributed by atoms with Gasteiger partial charge < -0.3 is 4.90 Å². The second-order valence-electron chi connectivity index (χ2n) is 5.14. The smallest absolute Gasteiger partial charge is 0.257 e. The van der Waals surface area contributed by atoms with Crippen LogP contribution in [0.2, 0.25) is 5.15 Å². The second kappa shape index (κ2) is 5.67. The Morgan fingerprint density at radius 2 is 2.26 bits per heavy atom. The first-order chi connectivity index (χ1) is 8.89. The zero-order valence-electron chi connectivity index (χ0n) is 10.9. The van der Waals surface area contributed by atoms with Gasteiger partial charge in [0.05, 0.1) is 11.8 Å². The number of halogens is 2. The van der Waals surface area contributed by atoms with Crippen molar-refractivity contribution < 1.29 is 9.18 Å². The van der Waals surface area contributed by atoms with Gasteiger partial charge in [0.15, 0.2) is 0 Å². The molecule has 6 heteroatoms. The van der Waals surface area contributed by atoms with E-state index in [1.807, 2.05) is 11.8 Å². The average Bonchev–Trinajstić information content (AvgIpc) is 2.52. The van der Waals surface area contributed by atoms with Crippen molar-refractivity contribution in [2.75, 3.05) is 18.8 Å². The molecule has 1 aliphatic heterocycles. The minimum atomic E-state index is -0.544. The van der Waals surface area contributed by atoms with Crippen LogP contribution < -0.4 is 0 Å². The van der Waals surface area contributed by atoms with Crippen molar-refractivity contribution in [3.63, 3.8) is 0 Å². The Morgan fingerprint density at radius 1 is 1.53 bits per heavy atom. The molecule has 1 saturated heterocycles. The lowest BCUT2D eigenvalue weighted by Crippen LogP contribution is -2.34. The maximum atomic E-state index is 13.2. The summed E-state index contributed by atoms with van der Waals surface area (Å²) in [6, 6.07) is 1.15. The van der Waals surface area contributed by atoms with Crippen molar-refractivity contribution in [2.24, 2.45) is 0 Å². The van der Waals surface area contributed by atoms with Gasteiger partial charge in [0, 0.05) is 23.6 Å². The predicted molar refractivity (Wildman–Crippen MR) is 76.3 cm³/mol. The highest BCUT2D eigenvalue weighted by Crippen LogP contribution is 2.31. The van der Waals surface area contributed by atoms with Gasteiger partial charge in [-0.15, -0.1) is 0 Å². The van der Waals surface area contributed by atoms with E-state index < -0.39 is 5.82 Å². The molecular formula is C13H16ClFN2OS. The van der Waals surface area contributed by atoms with E-state index in [1.54, 1.807) is 4.90 Å². The number of aromatic nitrogens is 1. The van der Waals surface area contributed by atoms with E-state index in [2.05, 4.69) is 18.8 Å². The van der Waals surface area contributed by atoms with E-state index in [4.69, 9.17) is 11.6 Å². The Labute approximate surface area is 121 Å². The SMILES string of the molecule is CC1(C)CCN(C(=O)c2cc(F)cnc2Cl)CCS1. The summed E-state index contributed by atoms with van der Waals surface area (Å²) in [7, 11) is 0. The highest BCUT2D eigenvalue weighted by atomic mass is 35.5. The predicted octanol–water partition coefficient (Wildman–Crippen LogP) is 3.23. The van der Waals surface area contributed by atoms with E-state index in [9.17, 15) is 9.18 Å². The summed E-state index contributed by atoms with van der Waals surface area (Å²) in [5.41, 5.74) is 0.145. The van der Waals surface area contributed by atoms with E-state index in [0.29, 0.717) is 13.1 Å². The van der Waals surface area contributed by atoms with Crippen LogP contribution in [0.4, 0.5) is 4.39 Å². The van der Waals surface area contributed by atoms with Crippen molar-refractivity contribution in [3.05, 3.63) is 28.8 Å². The first-order valence-corrected chi connectivity index (χ1v) is 7.50. The molecule has 0 N–H and O–H groups in total. The Kier molecular flexibility index (Phi) is 4.36. The average molecular weight is 303 g/mol. The number of hydrogen-bond donors (Lipinski definition) is 0. The Balaban J connectivity index is 2.17. The van der Waals surface area contributed by atoms with Crippen LogP contribution in [-0.4, -0.2) is 39.4 Å². The fourth-order valence-corrected chi connectivity index (χ4v) is 3.25. The van der Waals surface area contributed by atoms with Gasteiger partial charge in [-0.1, -0.05) is 25.4 Å². The number of thioether (sulfide) groups is 1. The van der Waals surface area contributed by atoms with Crippen molar-refractivity contribution >= 4 is 29.3 Å². The monoisotopic (exact) mass is 302 g/mol. The molecule has 1 amide bonds. The van der Waals surface area contributed by atoms with Crippen LogP contribution in [0, 0.1) is 5.82 Å². The van der Waals surface area contributed by atoms with Gasteiger partial charge in [0.1, 0.15) is 11.0 Å². The lowest BCUT2D eigenvalue weighted by Gasteiger charge is -2.23. The Morgan fingerprint density at radius 3 is 3.00 bits per heavy atom. The fourth-order valence-electron chi connectivity index (χ4n) is 1.97. The molecule has 0 atom stereocenters. The normalized spacial score (nSPS) is 19.1. The van der Waals surface area contributed by atoms with Crippen LogP contribution in [0.25, 0.3) is 0 Å². The lowest BCUT2D eigenvalue weighted by molar-refractivity contribution is 0.0764. The zero-order chi connectivity index (χ0) is 14.0. The van der Waals surface area contributed by atoms with Crippen LogP contribution >= 0.6 is 23.4 Å². The van der Waals surface area contributed by atoms with E-state index in [1.165, 1.54) is 0 Å². The Hall–Kier alpha value is -0.810. The third-order valence-electron chi connectivity index (χ3n) is 3.16. The van der Waals surface area contributed by atoms with Gasteiger partial charge in [-0.3, -0.25) is 4.79 Å². The van der Waals surface area contributed by atoms with Crippen molar-refractivity contribution in [1.29, 1.82) is 0 Å². The Bertz CT molecular complexity index is 496. The molecule has 1 aromatic rings. The van der Waals surface area contributed by atoms with Gasteiger partial charge in [-0.05, 0) is 12.5 Å². The highest BCUT2D eigenvalue weighted by molar-refractivity contribution is 8.00. The fraction of sp³-hybridized carbons (Fsp3) is 0.538. The third-order valence-corrected chi connectivity index (χ3v) is 4.83. The summed E-state index contributed by atoms with van der Waals surface area (Å²) >= 11 is 7.72. The molecule has 0 bridgehead atoms. The maximum absolute atomic E-state index is 13.2. The van der Waals surface area contributed by atoms with Crippen LogP contribution in [-0.2, 0) is 0 Å². The molecule has 1 aliphatic rings. The molecule has 104 valence electrons. The summed E-state index contributed by atoms with van der Waals surface area (Å²) < 4.78 is 13.3. The number of carbonyl (C=O) groups is 1. The van der Waals surface area contributed by atoms with E-state index >= 15 is 0 Å². The summed E-state index contributed by atoms with van der Waals surface area (Å²) in [6.45, 7) is 5.65. The standard InChI is InChI=1S/C13H16ClFN2OS/c1-13(2)3-4-17(5-6-19-13)12(18)10-7-9(15)8-16-11(10)14/h7-8H,3-6H2,1-2H3. The molecule has 0 unspecified atom stereocenters. The van der Waals surface area contributed by atoms with E-state index in [0.717, 1.165) is 24.4 Å². The van der Waals surface area contributed by atoms with Crippen LogP contribution in [0.3, 0.4) is 0 Å². The number of rotatable bonds is 1. The van der Waals surface area contributed by atoms with Crippen LogP contribution in [0.5, 0.6) is 0 Å². The van der Waals surface area contributed by atoms with Gasteiger partial charge in [0.25, 0.3) is 5.91 Å². The van der Waals surface area contributed by atoms with Crippen LogP contribution in [0.15, 0.2) is 12.3 Å². The van der Waals surface area contributed by atoms with Gasteiger partial charge >= 0.3 is 0 Å². The summed E-state index contributed by atoms with van der Waals surface area (Å²) in [5.74, 6) is 0.0895. The summed E-state index contributed by atoms with van der Waals surface area (Å²) in [4.78, 5) is 17.8. The number of amides is 1. The number of hydrogen-bond acceptors (Lipinski definition) is 3. The number of carbonyl (C=O) groups excluding carboxylic acids is 1. The number of pyridine rings is 1. The molecule has 3 nitrogen and oxygen atoms in total. The van der Waals surface area contributed by atoms with Gasteiger partial charge in [0.2, 0.25) is 0 Å². The van der Waals surface area contributed by atoms with Crippen molar-refractivity contribution in [3.8, 4) is 0 Å². The lowest BCUT2D eigenvalue weighted by atomic mass is 10.1. The quantitative estimate of drug-likeness (QED) is 0.747. The molecule has 0 saturated carbocycles. The molecule has 2 heterocycles. The maximum Gasteiger partial charge on any atom is 0.257 e. The molecule has 19 heavy (non-hydrogen) atoms. The summed E-state index contributed by atoms with van der Waals surface area (Å²) in [6.07, 6.45) is 1.92. The van der Waals surface area contributed by atoms with Crippen molar-refractivity contribution in [2.45, 2.75) is 25.0 Å². The van der Waals surface area contributed by atoms with Crippen molar-refractivity contribution in [1.82, 2.24) is 9.88 Å². The zero-order valence-corrected chi connectivity index (χ0v) is 12.5. The minimum Gasteiger partial charge on any atom is -0.338 e. The van der Waals surface area contributed by atoms with Gasteiger partial charge in [-0.25, -0.2) is 9.37 Å². The third kappa shape index (κ3) is 3.60. The molecule has 2 rings (SSSR count).